The van der Waals surface area contributed by atoms with Gasteiger partial charge in [0, 0.05) is 89.1 Å². The summed E-state index contributed by atoms with van der Waals surface area (Å²) in [4.78, 5) is 71.9. The number of piperidine rings is 1. The fourth-order valence-corrected chi connectivity index (χ4v) is 14.1. The Morgan fingerprint density at radius 1 is 0.478 bits per heavy atom. The number of hydrogen-bond donors (Lipinski definition) is 8. The van der Waals surface area contributed by atoms with Gasteiger partial charge in [0.2, 0.25) is 5.91 Å². The van der Waals surface area contributed by atoms with Gasteiger partial charge in [-0.1, -0.05) is 66.7 Å². The van der Waals surface area contributed by atoms with Gasteiger partial charge in [0.05, 0.1) is 107 Å². The van der Waals surface area contributed by atoms with Crippen molar-refractivity contribution < 1.29 is 41.9 Å². The van der Waals surface area contributed by atoms with Gasteiger partial charge in [-0.2, -0.15) is 20.4 Å². The average Bonchev–Trinajstić information content (AvgIpc) is 1.66. The number of nitrogens with one attached hydrogen (secondary N) is 7. The second-order valence-corrected chi connectivity index (χ2v) is 29.4. The molecule has 5 aliphatic heterocycles. The van der Waals surface area contributed by atoms with Gasteiger partial charge in [-0.3, -0.25) is 37.9 Å². The smallest absolute Gasteiger partial charge is 0.407 e. The largest absolute Gasteiger partial charge is 0.444 e. The highest BCUT2D eigenvalue weighted by Gasteiger charge is 2.34. The summed E-state index contributed by atoms with van der Waals surface area (Å²) in [6, 6.07) is 43.8. The Kier molecular flexibility index (Phi) is 23.7. The van der Waals surface area contributed by atoms with E-state index in [1.807, 2.05) is 124 Å². The monoisotopic (exact) mass is 1550 g/mol. The molecule has 113 heavy (non-hydrogen) atoms. The number of likely N-dealkylation sites (tertiary alicyclic amines) is 1. The Labute approximate surface area is 658 Å². The van der Waals surface area contributed by atoms with Crippen LogP contribution in [0.5, 0.6) is 0 Å². The number of amides is 5. The van der Waals surface area contributed by atoms with Crippen LogP contribution in [0.2, 0.25) is 0 Å². The fourth-order valence-electron chi connectivity index (χ4n) is 14.1. The Bertz CT molecular complexity index is 5350. The Morgan fingerprint density at radius 3 is 1.25 bits per heavy atom. The molecule has 4 aromatic heterocycles. The second-order valence-electron chi connectivity index (χ2n) is 29.4. The molecule has 7 aromatic carbocycles. The topological polar surface area (TPSA) is 289 Å². The number of anilines is 12. The van der Waals surface area contributed by atoms with Gasteiger partial charge in [0.1, 0.15) is 46.3 Å². The number of halogens is 4. The summed E-state index contributed by atoms with van der Waals surface area (Å²) < 4.78 is 57.0. The summed E-state index contributed by atoms with van der Waals surface area (Å²) in [5.74, 6) is 1.21. The maximum Gasteiger partial charge on any atom is 0.407 e. The zero-order chi connectivity index (χ0) is 78.5. The minimum Gasteiger partial charge on any atom is -0.444 e. The number of rotatable bonds is 11. The zero-order valence-corrected chi connectivity index (χ0v) is 64.5. The molecule has 5 amide bonds. The van der Waals surface area contributed by atoms with E-state index in [9.17, 15) is 28.4 Å². The number of fused-ring (bicyclic) bond motifs is 8. The van der Waals surface area contributed by atoms with Gasteiger partial charge < -0.3 is 67.3 Å². The number of hydrogen-bond acceptors (Lipinski definition) is 17. The number of nitrogens with two attached hydrogens (primary N) is 1. The molecule has 9 heterocycles. The van der Waals surface area contributed by atoms with E-state index in [1.165, 1.54) is 66.2 Å². The Morgan fingerprint density at radius 2 is 0.841 bits per heavy atom. The quantitative estimate of drug-likeness (QED) is 0.0597. The lowest BCUT2D eigenvalue weighted by Crippen LogP contribution is -2.41. The third-order valence-corrected chi connectivity index (χ3v) is 20.3. The number of aromatic nitrogens is 8. The van der Waals surface area contributed by atoms with Gasteiger partial charge >= 0.3 is 6.09 Å². The molecule has 0 bridgehead atoms. The lowest BCUT2D eigenvalue weighted by molar-refractivity contribution is -0.126. The van der Waals surface area contributed by atoms with Crippen molar-refractivity contribution in [2.75, 3.05) is 60.9 Å². The first kappa shape index (κ1) is 78.6. The van der Waals surface area contributed by atoms with Crippen LogP contribution >= 0.6 is 12.4 Å². The third-order valence-electron chi connectivity index (χ3n) is 20.3. The molecule has 1 saturated heterocycles. The highest BCUT2D eigenvalue weighted by Crippen LogP contribution is 2.41. The molecule has 11 aromatic rings. The molecule has 586 valence electrons. The van der Waals surface area contributed by atoms with Crippen molar-refractivity contribution in [3.05, 3.63) is 250 Å². The zero-order valence-electron chi connectivity index (χ0n) is 63.7. The number of carbonyl (C=O) groups is 5. The summed E-state index contributed by atoms with van der Waals surface area (Å²) in [5, 5.41) is 39.3. The number of aryl methyl sites for hydroxylation is 4. The summed E-state index contributed by atoms with van der Waals surface area (Å²) in [6.07, 6.45) is 10.8. The molecular weight excluding hydrogens is 1470 g/mol. The van der Waals surface area contributed by atoms with E-state index in [4.69, 9.17) is 10.5 Å². The van der Waals surface area contributed by atoms with Crippen LogP contribution in [0.25, 0.3) is 0 Å². The molecule has 0 atom stereocenters. The van der Waals surface area contributed by atoms with Gasteiger partial charge in [-0.25, -0.2) is 18.0 Å². The van der Waals surface area contributed by atoms with Gasteiger partial charge in [-0.05, 0) is 167 Å². The van der Waals surface area contributed by atoms with E-state index in [0.29, 0.717) is 40.3 Å². The Hall–Kier alpha value is -12.5. The van der Waals surface area contributed by atoms with E-state index in [-0.39, 0.29) is 73.6 Å². The fraction of sp³-hybridized carbons (Fsp3) is 0.289. The molecule has 0 spiro atoms. The summed E-state index contributed by atoms with van der Waals surface area (Å²) >= 11 is 0. The lowest BCUT2D eigenvalue weighted by atomic mass is 9.95. The molecule has 1 saturated carbocycles. The SMILES string of the molecule is Cl.Cn1ncc2c1Nc1ccccc1N(C(=O)c1ccc(CN)cc1F)C2.Cn1ncc2c1Nc1ccccc1N(C(=O)c1ccc(CNC(=O)C3CCN(CC4CC4)CC3)cc1F)C2.Cn1ncc2c1Nc1ccccc1N(C(=O)c1ccc(CNC(=O)OC(C)(C)C)cc1F)C2.Cn1ncc2c1Nc1ccccc1NC2. The number of benzene rings is 7. The normalized spacial score (nSPS) is 14.4. The van der Waals surface area contributed by atoms with Crippen molar-refractivity contribution in [3.63, 3.8) is 0 Å². The van der Waals surface area contributed by atoms with Crippen molar-refractivity contribution in [1.29, 1.82) is 0 Å². The van der Waals surface area contributed by atoms with E-state index in [0.717, 1.165) is 107 Å². The van der Waals surface area contributed by atoms with Crippen LogP contribution in [-0.4, -0.2) is 99.0 Å². The number of ether oxygens (including phenoxy) is 1. The number of para-hydroxylation sites is 8. The van der Waals surface area contributed by atoms with E-state index >= 15 is 8.78 Å². The standard InChI is InChI=1S/C29H33FN6O2.C24H26FN5O3.C19H18FN5O.C11H12N4.ClH/c1-34-27-22(16-32-34)18-36(26-5-3-2-4-25(26)33-27)29(38)23-9-8-20(14-24(23)30)15-31-28(37)21-10-12-35(13-11-21)17-19-6-7-19;1-24(2,3)33-23(32)26-12-15-9-10-17(18(25)11-15)22(31)30-14-16-13-27-29(4)21(16)28-19-7-5-6-8-20(19)30;1-24-18-13(10-22-24)11-25(17-5-3-2-4-16(17)23-18)19(26)14-7-6-12(9-21)8-15(14)20;1-15-11-8(7-13-15)6-12-9-4-2-3-5-10(9)14-11;/h2-5,8-9,14,16,19,21,33H,6-7,10-13,15,17-18H2,1H3,(H,31,37);5-11,13,28H,12,14H2,1-4H3,(H,26,32);2-8,10,23H,9,11,21H2,1H3;2-5,7,12,14H,6H2,1H3;1H. The maximum absolute atomic E-state index is 15.3. The average molecular weight is 1560 g/mol. The molecule has 9 N–H and O–H groups in total. The van der Waals surface area contributed by atoms with Crippen LogP contribution in [0.3, 0.4) is 0 Å². The van der Waals surface area contributed by atoms with E-state index in [2.05, 4.69) is 74.6 Å². The van der Waals surface area contributed by atoms with Crippen molar-refractivity contribution in [2.24, 2.45) is 45.8 Å². The van der Waals surface area contributed by atoms with Crippen molar-refractivity contribution in [3.8, 4) is 0 Å². The highest BCUT2D eigenvalue weighted by molar-refractivity contribution is 6.10. The predicted molar refractivity (Wildman–Crippen MR) is 432 cm³/mol. The molecular formula is C83H90ClF3N20O6. The number of nitrogens with zero attached hydrogens (tertiary/aromatic N) is 12. The number of carbonyl (C=O) groups excluding carboxylic acids is 5. The molecule has 2 fully saturated rings. The first-order valence-corrected chi connectivity index (χ1v) is 37.2. The van der Waals surface area contributed by atoms with E-state index in [1.54, 1.807) is 81.4 Å². The van der Waals surface area contributed by atoms with Crippen molar-refractivity contribution >= 4 is 111 Å². The molecule has 1 aliphatic carbocycles. The van der Waals surface area contributed by atoms with Crippen LogP contribution in [0, 0.1) is 29.3 Å². The van der Waals surface area contributed by atoms with Crippen LogP contribution in [-0.2, 0) is 83.5 Å². The summed E-state index contributed by atoms with van der Waals surface area (Å²) in [5.41, 5.74) is 16.9. The minimum absolute atomic E-state index is 0. The second kappa shape index (κ2) is 34.0. The first-order valence-electron chi connectivity index (χ1n) is 37.2. The minimum atomic E-state index is -0.662. The van der Waals surface area contributed by atoms with Crippen LogP contribution in [0.15, 0.2) is 176 Å². The van der Waals surface area contributed by atoms with Crippen molar-refractivity contribution in [1.82, 2.24) is 54.7 Å². The van der Waals surface area contributed by atoms with E-state index < -0.39 is 46.9 Å². The predicted octanol–water partition coefficient (Wildman–Crippen LogP) is 14.1. The van der Waals surface area contributed by atoms with Crippen molar-refractivity contribution in [2.45, 2.75) is 97.9 Å². The van der Waals surface area contributed by atoms with Crippen LogP contribution < -0.4 is 57.7 Å². The van der Waals surface area contributed by atoms with Crippen LogP contribution in [0.4, 0.5) is 86.7 Å². The molecule has 30 heteroatoms. The molecule has 6 aliphatic rings. The molecule has 0 radical (unpaired) electrons. The Balaban J connectivity index is 0.000000137. The summed E-state index contributed by atoms with van der Waals surface area (Å²) in [6.45, 7) is 10.5. The molecule has 0 unspecified atom stereocenters. The van der Waals surface area contributed by atoms with Gasteiger partial charge in [-0.15, -0.1) is 12.4 Å². The van der Waals surface area contributed by atoms with Crippen LogP contribution in [0.1, 0.15) is 116 Å². The number of alkyl carbamates (subject to hydrolysis) is 1. The third kappa shape index (κ3) is 18.0. The maximum atomic E-state index is 15.3. The molecule has 26 nitrogen and oxygen atoms in total. The van der Waals surface area contributed by atoms with Gasteiger partial charge in [0.25, 0.3) is 17.7 Å². The lowest BCUT2D eigenvalue weighted by Gasteiger charge is -2.31. The summed E-state index contributed by atoms with van der Waals surface area (Å²) in [7, 11) is 7.42. The first-order chi connectivity index (χ1) is 54.0. The highest BCUT2D eigenvalue weighted by atomic mass is 35.5. The van der Waals surface area contributed by atoms with Gasteiger partial charge in [0.15, 0.2) is 0 Å². The molecule has 17 rings (SSSR count).